The molecular formula is C24H32N6O3S. The summed E-state index contributed by atoms with van der Waals surface area (Å²) in [7, 11) is -3.76. The third-order valence-electron chi connectivity index (χ3n) is 6.75. The molecule has 3 aromatic rings. The first-order valence-electron chi connectivity index (χ1n) is 12.0. The molecular weight excluding hydrogens is 452 g/mol. The van der Waals surface area contributed by atoms with E-state index in [-0.39, 0.29) is 4.90 Å². The molecule has 4 heterocycles. The topological polar surface area (TPSA) is 92.6 Å². The minimum atomic E-state index is -3.76. The van der Waals surface area contributed by atoms with Gasteiger partial charge in [0.25, 0.3) is 10.0 Å². The lowest BCUT2D eigenvalue weighted by Crippen LogP contribution is -2.50. The smallest absolute Gasteiger partial charge is 0.269 e. The van der Waals surface area contributed by atoms with Crippen molar-refractivity contribution in [2.45, 2.75) is 30.7 Å². The van der Waals surface area contributed by atoms with E-state index in [2.05, 4.69) is 25.1 Å². The van der Waals surface area contributed by atoms with Crippen LogP contribution >= 0.6 is 0 Å². The Bertz CT molecular complexity index is 1220. The van der Waals surface area contributed by atoms with Gasteiger partial charge in [-0.1, -0.05) is 17.7 Å². The van der Waals surface area contributed by atoms with Gasteiger partial charge in [-0.2, -0.15) is 0 Å². The number of aryl methyl sites for hydroxylation is 1. The molecule has 1 unspecified atom stereocenters. The molecule has 34 heavy (non-hydrogen) atoms. The van der Waals surface area contributed by atoms with E-state index in [1.165, 1.54) is 10.3 Å². The third-order valence-corrected chi connectivity index (χ3v) is 8.43. The molecule has 2 aliphatic rings. The highest BCUT2D eigenvalue weighted by atomic mass is 32.2. The summed E-state index contributed by atoms with van der Waals surface area (Å²) >= 11 is 0. The van der Waals surface area contributed by atoms with Gasteiger partial charge in [0.1, 0.15) is 12.1 Å². The van der Waals surface area contributed by atoms with E-state index in [4.69, 9.17) is 4.74 Å². The van der Waals surface area contributed by atoms with Crippen molar-refractivity contribution in [3.8, 4) is 0 Å². The quantitative estimate of drug-likeness (QED) is 0.543. The summed E-state index contributed by atoms with van der Waals surface area (Å²) in [5.74, 6) is 0.796. The molecule has 10 heteroatoms. The zero-order chi connectivity index (χ0) is 23.5. The van der Waals surface area contributed by atoms with Crippen LogP contribution in [0.4, 0.5) is 5.82 Å². The van der Waals surface area contributed by atoms with Crippen LogP contribution in [0.15, 0.2) is 47.8 Å². The molecule has 2 saturated heterocycles. The molecule has 0 saturated carbocycles. The van der Waals surface area contributed by atoms with Crippen molar-refractivity contribution in [1.82, 2.24) is 24.2 Å². The Hall–Kier alpha value is -2.53. The number of hydrogen-bond acceptors (Lipinski definition) is 8. The molecule has 0 amide bonds. The number of benzene rings is 1. The SMILES string of the molecule is Cc1ccc(S(=O)(=O)n2ccc3c(N(CCN4CCOCC4)C4CCCNC4)ncnc32)cc1. The molecule has 2 aliphatic heterocycles. The van der Waals surface area contributed by atoms with E-state index in [9.17, 15) is 8.42 Å². The van der Waals surface area contributed by atoms with E-state index in [1.54, 1.807) is 18.3 Å². The fourth-order valence-corrected chi connectivity index (χ4v) is 6.10. The van der Waals surface area contributed by atoms with E-state index >= 15 is 0 Å². The van der Waals surface area contributed by atoms with E-state index in [1.807, 2.05) is 25.1 Å². The van der Waals surface area contributed by atoms with Gasteiger partial charge < -0.3 is 15.0 Å². The Balaban J connectivity index is 1.50. The average Bonchev–Trinajstić information content (AvgIpc) is 3.32. The number of hydrogen-bond donors (Lipinski definition) is 1. The van der Waals surface area contributed by atoms with Gasteiger partial charge in [0, 0.05) is 45.0 Å². The second-order valence-electron chi connectivity index (χ2n) is 9.01. The Kier molecular flexibility index (Phi) is 6.82. The number of morpholine rings is 1. The number of rotatable bonds is 7. The Morgan fingerprint density at radius 2 is 1.94 bits per heavy atom. The van der Waals surface area contributed by atoms with Crippen molar-refractivity contribution in [2.75, 3.05) is 57.4 Å². The number of nitrogens with one attached hydrogen (secondary N) is 1. The zero-order valence-corrected chi connectivity index (χ0v) is 20.4. The van der Waals surface area contributed by atoms with Crippen molar-refractivity contribution in [3.63, 3.8) is 0 Å². The fourth-order valence-electron chi connectivity index (χ4n) is 4.80. The lowest BCUT2D eigenvalue weighted by Gasteiger charge is -2.37. The lowest BCUT2D eigenvalue weighted by atomic mass is 10.1. The first-order chi connectivity index (χ1) is 16.5. The van der Waals surface area contributed by atoms with Crippen LogP contribution < -0.4 is 10.2 Å². The molecule has 9 nitrogen and oxygen atoms in total. The summed E-state index contributed by atoms with van der Waals surface area (Å²) in [5, 5.41) is 4.26. The molecule has 5 rings (SSSR count). The molecule has 0 bridgehead atoms. The number of ether oxygens (including phenoxy) is 1. The standard InChI is InChI=1S/C24H32N6O3S/c1-19-4-6-21(7-5-19)34(31,32)30-10-8-22-23(26-18-27-24(22)30)29(20-3-2-9-25-17-20)12-11-28-13-15-33-16-14-28/h4-8,10,18,20,25H,2-3,9,11-17H2,1H3. The first kappa shape index (κ1) is 23.2. The van der Waals surface area contributed by atoms with Gasteiger partial charge in [-0.25, -0.2) is 22.4 Å². The molecule has 182 valence electrons. The van der Waals surface area contributed by atoms with Crippen molar-refractivity contribution >= 4 is 26.9 Å². The highest BCUT2D eigenvalue weighted by Gasteiger charge is 2.27. The maximum Gasteiger partial charge on any atom is 0.269 e. The molecule has 2 fully saturated rings. The molecule has 1 N–H and O–H groups in total. The second-order valence-corrected chi connectivity index (χ2v) is 10.8. The third kappa shape index (κ3) is 4.68. The van der Waals surface area contributed by atoms with Crippen LogP contribution in [-0.4, -0.2) is 85.8 Å². The summed E-state index contributed by atoms with van der Waals surface area (Å²) < 4.78 is 33.6. The minimum absolute atomic E-state index is 0.247. The van der Waals surface area contributed by atoms with Gasteiger partial charge in [-0.15, -0.1) is 0 Å². The van der Waals surface area contributed by atoms with Gasteiger partial charge >= 0.3 is 0 Å². The highest BCUT2D eigenvalue weighted by molar-refractivity contribution is 7.90. The number of anilines is 1. The average molecular weight is 485 g/mol. The summed E-state index contributed by atoms with van der Waals surface area (Å²) in [5.41, 5.74) is 1.42. The van der Waals surface area contributed by atoms with Crippen LogP contribution in [0, 0.1) is 6.92 Å². The van der Waals surface area contributed by atoms with Crippen LogP contribution in [0.25, 0.3) is 11.0 Å². The molecule has 0 aliphatic carbocycles. The number of fused-ring (bicyclic) bond motifs is 1. The van der Waals surface area contributed by atoms with E-state index in [0.717, 1.165) is 82.1 Å². The highest BCUT2D eigenvalue weighted by Crippen LogP contribution is 2.29. The predicted octanol–water partition coefficient (Wildman–Crippen LogP) is 1.87. The summed E-state index contributed by atoms with van der Waals surface area (Å²) in [6, 6.07) is 9.02. The normalized spacial score (nSPS) is 20.0. The molecule has 2 aromatic heterocycles. The van der Waals surface area contributed by atoms with Crippen LogP contribution in [-0.2, 0) is 14.8 Å². The maximum absolute atomic E-state index is 13.4. The zero-order valence-electron chi connectivity index (χ0n) is 19.6. The maximum atomic E-state index is 13.4. The lowest BCUT2D eigenvalue weighted by molar-refractivity contribution is 0.0389. The predicted molar refractivity (Wildman–Crippen MR) is 132 cm³/mol. The van der Waals surface area contributed by atoms with Gasteiger partial charge in [0.05, 0.1) is 23.5 Å². The van der Waals surface area contributed by atoms with Gasteiger partial charge in [0.2, 0.25) is 0 Å². The van der Waals surface area contributed by atoms with Crippen molar-refractivity contribution in [3.05, 3.63) is 48.4 Å². The van der Waals surface area contributed by atoms with E-state index < -0.39 is 10.0 Å². The van der Waals surface area contributed by atoms with Crippen molar-refractivity contribution in [2.24, 2.45) is 0 Å². The Morgan fingerprint density at radius 3 is 2.68 bits per heavy atom. The number of piperidine rings is 1. The molecule has 0 radical (unpaired) electrons. The van der Waals surface area contributed by atoms with Crippen LogP contribution in [0.2, 0.25) is 0 Å². The van der Waals surface area contributed by atoms with Gasteiger partial charge in [-0.3, -0.25) is 4.90 Å². The molecule has 1 atom stereocenters. The van der Waals surface area contributed by atoms with Crippen LogP contribution in [0.3, 0.4) is 0 Å². The van der Waals surface area contributed by atoms with Crippen LogP contribution in [0.5, 0.6) is 0 Å². The Morgan fingerprint density at radius 1 is 1.15 bits per heavy atom. The fraction of sp³-hybridized carbons (Fsp3) is 0.500. The molecule has 1 aromatic carbocycles. The summed E-state index contributed by atoms with van der Waals surface area (Å²) in [6.45, 7) is 8.97. The van der Waals surface area contributed by atoms with Gasteiger partial charge in [-0.05, 0) is 44.5 Å². The number of aromatic nitrogens is 3. The van der Waals surface area contributed by atoms with Crippen LogP contribution in [0.1, 0.15) is 18.4 Å². The van der Waals surface area contributed by atoms with Crippen molar-refractivity contribution < 1.29 is 13.2 Å². The summed E-state index contributed by atoms with van der Waals surface area (Å²) in [4.78, 5) is 14.1. The van der Waals surface area contributed by atoms with Gasteiger partial charge in [0.15, 0.2) is 5.65 Å². The first-order valence-corrected chi connectivity index (χ1v) is 13.4. The minimum Gasteiger partial charge on any atom is -0.379 e. The van der Waals surface area contributed by atoms with E-state index in [0.29, 0.717) is 11.7 Å². The Labute approximate surface area is 200 Å². The number of nitrogens with zero attached hydrogens (tertiary/aromatic N) is 5. The monoisotopic (exact) mass is 484 g/mol. The second kappa shape index (κ2) is 9.99. The van der Waals surface area contributed by atoms with Crippen molar-refractivity contribution in [1.29, 1.82) is 0 Å². The molecule has 0 spiro atoms. The largest absolute Gasteiger partial charge is 0.379 e. The summed E-state index contributed by atoms with van der Waals surface area (Å²) in [6.07, 6.45) is 5.26.